The third-order valence-electron chi connectivity index (χ3n) is 4.07. The van der Waals surface area contributed by atoms with Gasteiger partial charge in [0.15, 0.2) is 0 Å². The largest absolute Gasteiger partial charge is 0.488 e. The summed E-state index contributed by atoms with van der Waals surface area (Å²) in [5, 5.41) is 27.7. The molecule has 4 nitrogen and oxygen atoms in total. The Morgan fingerprint density at radius 3 is 1.91 bits per heavy atom. The molecule has 0 spiro atoms. The molecule has 3 aromatic carbocycles. The summed E-state index contributed by atoms with van der Waals surface area (Å²) >= 11 is 0. The lowest BCUT2D eigenvalue weighted by Crippen LogP contribution is -2.48. The Morgan fingerprint density at radius 1 is 0.773 bits per heavy atom. The van der Waals surface area contributed by atoms with Crippen molar-refractivity contribution in [2.24, 2.45) is 0 Å². The Hall–Kier alpha value is -2.43. The van der Waals surface area contributed by atoms with Crippen molar-refractivity contribution in [2.75, 3.05) is 10.5 Å². The van der Waals surface area contributed by atoms with Crippen LogP contribution in [0.15, 0.2) is 60.7 Å². The van der Waals surface area contributed by atoms with E-state index in [1.54, 1.807) is 12.1 Å². The quantitative estimate of drug-likeness (QED) is 0.526. The molecule has 0 fully saturated rings. The molecule has 6 heteroatoms. The van der Waals surface area contributed by atoms with Crippen LogP contribution in [0.3, 0.4) is 0 Å². The second kappa shape index (κ2) is 5.09. The lowest BCUT2D eigenvalue weighted by atomic mass is 9.65. The molecule has 0 unspecified atom stereocenters. The first-order valence-electron chi connectivity index (χ1n) is 7.23. The SMILES string of the molecule is OB(O)c1ccc(B2Nc3cccc4cccc(c34)N2)cc1. The van der Waals surface area contributed by atoms with Gasteiger partial charge in [0.05, 0.1) is 0 Å². The van der Waals surface area contributed by atoms with E-state index in [9.17, 15) is 10.0 Å². The minimum atomic E-state index is -1.43. The monoisotopic (exact) mass is 288 g/mol. The standard InChI is InChI=1S/C16H14B2N2O2/c21-18(22)13-9-7-12(8-10-13)17-19-14-5-1-3-11-4-2-6-15(20-17)16(11)14/h1-10,19-22H. The summed E-state index contributed by atoms with van der Waals surface area (Å²) in [6.45, 7) is -0.0506. The fourth-order valence-electron chi connectivity index (χ4n) is 2.96. The smallest absolute Gasteiger partial charge is 0.423 e. The van der Waals surface area contributed by atoms with Crippen molar-refractivity contribution in [1.82, 2.24) is 0 Å². The summed E-state index contributed by atoms with van der Waals surface area (Å²) < 4.78 is 0. The van der Waals surface area contributed by atoms with E-state index in [0.717, 1.165) is 16.8 Å². The van der Waals surface area contributed by atoms with Crippen molar-refractivity contribution in [1.29, 1.82) is 0 Å². The summed E-state index contributed by atoms with van der Waals surface area (Å²) in [7, 11) is -1.43. The molecule has 0 atom stereocenters. The third kappa shape index (κ3) is 2.13. The van der Waals surface area contributed by atoms with Gasteiger partial charge < -0.3 is 20.5 Å². The zero-order valence-corrected chi connectivity index (χ0v) is 11.8. The first kappa shape index (κ1) is 13.2. The van der Waals surface area contributed by atoms with Gasteiger partial charge in [0.25, 0.3) is 0 Å². The summed E-state index contributed by atoms with van der Waals surface area (Å²) in [5.74, 6) is 0. The van der Waals surface area contributed by atoms with Crippen LogP contribution in [0.1, 0.15) is 0 Å². The summed E-state index contributed by atoms with van der Waals surface area (Å²) in [4.78, 5) is 0. The second-order valence-electron chi connectivity index (χ2n) is 5.47. The molecule has 22 heavy (non-hydrogen) atoms. The van der Waals surface area contributed by atoms with E-state index in [0.29, 0.717) is 5.46 Å². The minimum absolute atomic E-state index is 0.0506. The van der Waals surface area contributed by atoms with Gasteiger partial charge in [0.2, 0.25) is 0 Å². The van der Waals surface area contributed by atoms with Crippen LogP contribution in [-0.2, 0) is 0 Å². The predicted octanol–water partition coefficient (Wildman–Crippen LogP) is 0.752. The summed E-state index contributed by atoms with van der Waals surface area (Å²) in [5.41, 5.74) is 3.73. The number of hydrogen-bond donors (Lipinski definition) is 4. The number of anilines is 2. The van der Waals surface area contributed by atoms with E-state index < -0.39 is 7.12 Å². The van der Waals surface area contributed by atoms with Gasteiger partial charge in [-0.15, -0.1) is 0 Å². The Kier molecular flexibility index (Phi) is 3.06. The number of hydrogen-bond acceptors (Lipinski definition) is 4. The maximum Gasteiger partial charge on any atom is 0.488 e. The van der Waals surface area contributed by atoms with Gasteiger partial charge in [-0.25, -0.2) is 0 Å². The van der Waals surface area contributed by atoms with Gasteiger partial charge in [-0.1, -0.05) is 48.5 Å². The van der Waals surface area contributed by atoms with Crippen molar-refractivity contribution < 1.29 is 10.0 Å². The lowest BCUT2D eigenvalue weighted by molar-refractivity contribution is 0.426. The van der Waals surface area contributed by atoms with Crippen LogP contribution < -0.4 is 21.4 Å². The number of benzene rings is 3. The van der Waals surface area contributed by atoms with Crippen LogP contribution >= 0.6 is 0 Å². The zero-order chi connectivity index (χ0) is 15.1. The van der Waals surface area contributed by atoms with E-state index in [4.69, 9.17) is 0 Å². The fraction of sp³-hybridized carbons (Fsp3) is 0. The van der Waals surface area contributed by atoms with Crippen molar-refractivity contribution in [3.63, 3.8) is 0 Å². The molecule has 1 aliphatic heterocycles. The minimum Gasteiger partial charge on any atom is -0.423 e. The highest BCUT2D eigenvalue weighted by Gasteiger charge is 2.25. The Labute approximate surface area is 129 Å². The number of nitrogens with one attached hydrogen (secondary N) is 2. The maximum absolute atomic E-state index is 9.18. The molecule has 3 aromatic rings. The molecule has 4 rings (SSSR count). The first-order chi connectivity index (χ1) is 10.7. The highest BCUT2D eigenvalue weighted by molar-refractivity contribution is 6.80. The van der Waals surface area contributed by atoms with Crippen LogP contribution in [0, 0.1) is 0 Å². The average molecular weight is 288 g/mol. The highest BCUT2D eigenvalue weighted by Crippen LogP contribution is 2.33. The maximum atomic E-state index is 9.18. The normalized spacial score (nSPS) is 12.7. The molecule has 1 heterocycles. The van der Waals surface area contributed by atoms with Gasteiger partial charge in [0.1, 0.15) is 0 Å². The Morgan fingerprint density at radius 2 is 1.36 bits per heavy atom. The van der Waals surface area contributed by atoms with Crippen molar-refractivity contribution in [2.45, 2.75) is 0 Å². The first-order valence-corrected chi connectivity index (χ1v) is 7.23. The van der Waals surface area contributed by atoms with E-state index in [2.05, 4.69) is 34.7 Å². The van der Waals surface area contributed by atoms with E-state index in [1.165, 1.54) is 10.8 Å². The zero-order valence-electron chi connectivity index (χ0n) is 11.8. The Balaban J connectivity index is 1.72. The van der Waals surface area contributed by atoms with Gasteiger partial charge in [-0.2, -0.15) is 0 Å². The summed E-state index contributed by atoms with van der Waals surface area (Å²) in [6.07, 6.45) is 0. The molecule has 106 valence electrons. The highest BCUT2D eigenvalue weighted by atomic mass is 16.4. The number of rotatable bonds is 2. The molecule has 0 aromatic heterocycles. The van der Waals surface area contributed by atoms with Gasteiger partial charge in [-0.05, 0) is 28.4 Å². The molecule has 0 saturated carbocycles. The van der Waals surface area contributed by atoms with Crippen molar-refractivity contribution in [3.8, 4) is 0 Å². The van der Waals surface area contributed by atoms with Gasteiger partial charge in [0, 0.05) is 16.8 Å². The molecule has 0 saturated heterocycles. The van der Waals surface area contributed by atoms with Gasteiger partial charge >= 0.3 is 14.1 Å². The molecular weight excluding hydrogens is 274 g/mol. The van der Waals surface area contributed by atoms with Crippen LogP contribution in [0.2, 0.25) is 0 Å². The molecular formula is C16H14B2N2O2. The van der Waals surface area contributed by atoms with E-state index >= 15 is 0 Å². The van der Waals surface area contributed by atoms with Gasteiger partial charge in [-0.3, -0.25) is 0 Å². The summed E-state index contributed by atoms with van der Waals surface area (Å²) in [6, 6.07) is 19.7. The third-order valence-corrected chi connectivity index (χ3v) is 4.07. The second-order valence-corrected chi connectivity index (χ2v) is 5.47. The molecule has 1 aliphatic rings. The predicted molar refractivity (Wildman–Crippen MR) is 92.8 cm³/mol. The Bertz CT molecular complexity index is 796. The fourth-order valence-corrected chi connectivity index (χ4v) is 2.96. The van der Waals surface area contributed by atoms with Crippen LogP contribution in [-0.4, -0.2) is 24.1 Å². The molecule has 4 N–H and O–H groups in total. The van der Waals surface area contributed by atoms with Crippen molar-refractivity contribution in [3.05, 3.63) is 60.7 Å². The lowest BCUT2D eigenvalue weighted by Gasteiger charge is -2.26. The molecule has 0 radical (unpaired) electrons. The van der Waals surface area contributed by atoms with E-state index in [-0.39, 0.29) is 6.98 Å². The van der Waals surface area contributed by atoms with E-state index in [1.807, 2.05) is 24.3 Å². The van der Waals surface area contributed by atoms with Crippen molar-refractivity contribution >= 4 is 47.2 Å². The molecule has 0 aliphatic carbocycles. The van der Waals surface area contributed by atoms with Crippen LogP contribution in [0.4, 0.5) is 11.4 Å². The van der Waals surface area contributed by atoms with Crippen LogP contribution in [0.25, 0.3) is 10.8 Å². The topological polar surface area (TPSA) is 64.5 Å². The molecule has 0 bridgehead atoms. The van der Waals surface area contributed by atoms with Crippen LogP contribution in [0.5, 0.6) is 0 Å². The average Bonchev–Trinajstić information content (AvgIpc) is 2.55. The molecule has 0 amide bonds.